The molecule has 5 rings (SSSR count). The third kappa shape index (κ3) is 3.57. The van der Waals surface area contributed by atoms with Crippen molar-refractivity contribution in [3.8, 4) is 5.75 Å². The van der Waals surface area contributed by atoms with Crippen LogP contribution in [0.2, 0.25) is 0 Å². The number of hydrogen-bond acceptors (Lipinski definition) is 3. The first kappa shape index (κ1) is 18.0. The van der Waals surface area contributed by atoms with Gasteiger partial charge < -0.3 is 9.84 Å². The molecule has 4 aliphatic rings. The van der Waals surface area contributed by atoms with E-state index in [-0.39, 0.29) is 16.9 Å². The number of esters is 1. The van der Waals surface area contributed by atoms with Gasteiger partial charge in [0.05, 0.1) is 19.1 Å². The molecular formula is C19H20I2O4. The van der Waals surface area contributed by atoms with E-state index in [9.17, 15) is 9.59 Å². The van der Waals surface area contributed by atoms with Gasteiger partial charge in [-0.05, 0) is 119 Å². The van der Waals surface area contributed by atoms with Crippen molar-refractivity contribution in [2.75, 3.05) is 0 Å². The Kier molecular flexibility index (Phi) is 4.79. The SMILES string of the molecule is O=C(CC12CC3CC(CC(C3)C1)C2)Oc1c(I)cc(C(=O)O)cc1I. The third-order valence-electron chi connectivity index (χ3n) is 6.15. The first-order valence-corrected chi connectivity index (χ1v) is 10.9. The van der Waals surface area contributed by atoms with Gasteiger partial charge in [0.25, 0.3) is 0 Å². The maximum Gasteiger partial charge on any atom is 0.335 e. The van der Waals surface area contributed by atoms with Crippen molar-refractivity contribution in [3.05, 3.63) is 24.8 Å². The van der Waals surface area contributed by atoms with Gasteiger partial charge >= 0.3 is 11.9 Å². The van der Waals surface area contributed by atoms with Crippen LogP contribution in [0.4, 0.5) is 0 Å². The van der Waals surface area contributed by atoms with E-state index in [2.05, 4.69) is 0 Å². The van der Waals surface area contributed by atoms with Gasteiger partial charge in [-0.25, -0.2) is 4.79 Å². The van der Waals surface area contributed by atoms with Gasteiger partial charge in [0.2, 0.25) is 0 Å². The second-order valence-corrected chi connectivity index (χ2v) is 10.5. The van der Waals surface area contributed by atoms with E-state index in [1.807, 2.05) is 45.2 Å². The van der Waals surface area contributed by atoms with E-state index in [1.54, 1.807) is 12.1 Å². The Labute approximate surface area is 174 Å². The molecule has 6 heteroatoms. The first-order valence-electron chi connectivity index (χ1n) is 8.76. The van der Waals surface area contributed by atoms with Crippen LogP contribution in [0.15, 0.2) is 12.1 Å². The number of carbonyl (C=O) groups is 2. The van der Waals surface area contributed by atoms with E-state index in [0.717, 1.165) is 17.8 Å². The predicted octanol–water partition coefficient (Wildman–Crippen LogP) is 5.11. The Balaban J connectivity index is 1.49. The molecule has 25 heavy (non-hydrogen) atoms. The van der Waals surface area contributed by atoms with Gasteiger partial charge in [-0.2, -0.15) is 0 Å². The van der Waals surface area contributed by atoms with Gasteiger partial charge in [0, 0.05) is 0 Å². The molecular weight excluding hydrogens is 546 g/mol. The van der Waals surface area contributed by atoms with Crippen molar-refractivity contribution in [2.45, 2.75) is 44.9 Å². The molecule has 4 fully saturated rings. The standard InChI is InChI=1S/C19H20I2O4/c20-14-4-13(18(23)24)5-15(21)17(14)25-16(22)9-19-6-10-1-11(7-19)3-12(2-10)8-19/h4-5,10-12H,1-3,6-9H2,(H,23,24). The number of hydrogen-bond donors (Lipinski definition) is 1. The molecule has 4 aliphatic carbocycles. The Morgan fingerprint density at radius 1 is 1.04 bits per heavy atom. The second kappa shape index (κ2) is 6.65. The number of aromatic carboxylic acids is 1. The maximum atomic E-state index is 12.7. The van der Waals surface area contributed by atoms with Gasteiger partial charge in [-0.15, -0.1) is 0 Å². The summed E-state index contributed by atoms with van der Waals surface area (Å²) in [6, 6.07) is 3.11. The minimum Gasteiger partial charge on any atom is -0.478 e. The van der Waals surface area contributed by atoms with E-state index in [1.165, 1.54) is 38.5 Å². The molecule has 0 aromatic heterocycles. The average molecular weight is 566 g/mol. The molecule has 1 N–H and O–H groups in total. The van der Waals surface area contributed by atoms with Crippen molar-refractivity contribution in [1.29, 1.82) is 0 Å². The number of carbonyl (C=O) groups excluding carboxylic acids is 1. The monoisotopic (exact) mass is 566 g/mol. The summed E-state index contributed by atoms with van der Waals surface area (Å²) in [5, 5.41) is 9.13. The number of halogens is 2. The summed E-state index contributed by atoms with van der Waals surface area (Å²) >= 11 is 4.08. The van der Waals surface area contributed by atoms with Crippen molar-refractivity contribution >= 4 is 57.1 Å². The summed E-state index contributed by atoms with van der Waals surface area (Å²) in [5.74, 6) is 1.81. The van der Waals surface area contributed by atoms with Gasteiger partial charge in [0.1, 0.15) is 0 Å². The molecule has 0 amide bonds. The lowest BCUT2D eigenvalue weighted by molar-refractivity contribution is -0.142. The largest absolute Gasteiger partial charge is 0.478 e. The zero-order valence-corrected chi connectivity index (χ0v) is 18.1. The lowest BCUT2D eigenvalue weighted by Gasteiger charge is -2.56. The fourth-order valence-corrected chi connectivity index (χ4v) is 7.73. The van der Waals surface area contributed by atoms with Crippen LogP contribution in [0.5, 0.6) is 5.75 Å². The normalized spacial score (nSPS) is 32.6. The van der Waals surface area contributed by atoms with E-state index >= 15 is 0 Å². The molecule has 1 aromatic carbocycles. The number of ether oxygens (including phenoxy) is 1. The Morgan fingerprint density at radius 2 is 1.52 bits per heavy atom. The number of benzene rings is 1. The molecule has 0 heterocycles. The Morgan fingerprint density at radius 3 is 1.96 bits per heavy atom. The summed E-state index contributed by atoms with van der Waals surface area (Å²) in [5.41, 5.74) is 0.374. The zero-order chi connectivity index (χ0) is 17.8. The van der Waals surface area contributed by atoms with Crippen molar-refractivity contribution in [1.82, 2.24) is 0 Å². The molecule has 1 aromatic rings. The van der Waals surface area contributed by atoms with Gasteiger partial charge in [0.15, 0.2) is 5.75 Å². The molecule has 0 saturated heterocycles. The summed E-state index contributed by atoms with van der Waals surface area (Å²) in [6.45, 7) is 0. The molecule has 4 bridgehead atoms. The van der Waals surface area contributed by atoms with Crippen LogP contribution >= 0.6 is 45.2 Å². The quantitative estimate of drug-likeness (QED) is 0.313. The number of carboxylic acid groups (broad SMARTS) is 1. The van der Waals surface area contributed by atoms with E-state index in [4.69, 9.17) is 9.84 Å². The molecule has 0 atom stereocenters. The molecule has 0 aliphatic heterocycles. The van der Waals surface area contributed by atoms with Crippen LogP contribution in [-0.4, -0.2) is 17.0 Å². The lowest BCUT2D eigenvalue weighted by atomic mass is 9.49. The molecule has 0 unspecified atom stereocenters. The topological polar surface area (TPSA) is 63.6 Å². The van der Waals surface area contributed by atoms with E-state index < -0.39 is 5.97 Å². The molecule has 134 valence electrons. The zero-order valence-electron chi connectivity index (χ0n) is 13.8. The highest BCUT2D eigenvalue weighted by Gasteiger charge is 2.51. The minimum atomic E-state index is -0.970. The fourth-order valence-electron chi connectivity index (χ4n) is 5.74. The second-order valence-electron chi connectivity index (χ2n) is 8.14. The highest BCUT2D eigenvalue weighted by atomic mass is 127. The Hall–Kier alpha value is -0.380. The van der Waals surface area contributed by atoms with Crippen LogP contribution < -0.4 is 4.74 Å². The van der Waals surface area contributed by atoms with Crippen molar-refractivity contribution in [3.63, 3.8) is 0 Å². The molecule has 4 saturated carbocycles. The summed E-state index contributed by atoms with van der Waals surface area (Å²) in [7, 11) is 0. The van der Waals surface area contributed by atoms with Crippen molar-refractivity contribution < 1.29 is 19.4 Å². The Bertz CT molecular complexity index is 685. The van der Waals surface area contributed by atoms with Crippen LogP contribution in [0.1, 0.15) is 55.3 Å². The first-order chi connectivity index (χ1) is 11.8. The summed E-state index contributed by atoms with van der Waals surface area (Å²) in [6.07, 6.45) is 8.13. The average Bonchev–Trinajstić information content (AvgIpc) is 2.48. The van der Waals surface area contributed by atoms with Gasteiger partial charge in [-0.1, -0.05) is 0 Å². The molecule has 4 nitrogen and oxygen atoms in total. The highest BCUT2D eigenvalue weighted by molar-refractivity contribution is 14.1. The maximum absolute atomic E-state index is 12.7. The fraction of sp³-hybridized carbons (Fsp3) is 0.579. The molecule has 0 radical (unpaired) electrons. The van der Waals surface area contributed by atoms with E-state index in [0.29, 0.717) is 19.3 Å². The minimum absolute atomic E-state index is 0.156. The predicted molar refractivity (Wildman–Crippen MR) is 110 cm³/mol. The lowest BCUT2D eigenvalue weighted by Crippen LogP contribution is -2.47. The summed E-state index contributed by atoms with van der Waals surface area (Å²) in [4.78, 5) is 23.8. The van der Waals surface area contributed by atoms with Crippen LogP contribution in [0.25, 0.3) is 0 Å². The molecule has 0 spiro atoms. The van der Waals surface area contributed by atoms with Crippen LogP contribution in [-0.2, 0) is 4.79 Å². The van der Waals surface area contributed by atoms with Crippen LogP contribution in [0.3, 0.4) is 0 Å². The number of carboxylic acids is 1. The smallest absolute Gasteiger partial charge is 0.335 e. The highest BCUT2D eigenvalue weighted by Crippen LogP contribution is 2.61. The van der Waals surface area contributed by atoms with Gasteiger partial charge in [-0.3, -0.25) is 4.79 Å². The summed E-state index contributed by atoms with van der Waals surface area (Å²) < 4.78 is 7.04. The van der Waals surface area contributed by atoms with Crippen LogP contribution in [0, 0.1) is 30.3 Å². The number of rotatable bonds is 4. The van der Waals surface area contributed by atoms with Crippen molar-refractivity contribution in [2.24, 2.45) is 23.2 Å². The third-order valence-corrected chi connectivity index (χ3v) is 7.75.